The third-order valence-electron chi connectivity index (χ3n) is 6.00. The second-order valence-corrected chi connectivity index (χ2v) is 7.74. The van der Waals surface area contributed by atoms with Crippen LogP contribution in [0.1, 0.15) is 35.4 Å². The maximum atomic E-state index is 10.9. The van der Waals surface area contributed by atoms with Crippen LogP contribution in [0.25, 0.3) is 10.8 Å². The van der Waals surface area contributed by atoms with Gasteiger partial charge in [0.05, 0.1) is 17.3 Å². The summed E-state index contributed by atoms with van der Waals surface area (Å²) in [5.41, 5.74) is 4.03. The van der Waals surface area contributed by atoms with Crippen molar-refractivity contribution >= 4 is 16.5 Å². The van der Waals surface area contributed by atoms with E-state index < -0.39 is 6.23 Å². The number of fused-ring (bicyclic) bond motifs is 4. The summed E-state index contributed by atoms with van der Waals surface area (Å²) in [7, 11) is 0. The standard InChI is InChI=1S/C26H20N2O2/c29-23-15-14-17-8-4-5-11-19(17)25(23)26-28-22(20-12-6-7-13-24(20)30-26)16-21(27-28)18-9-2-1-3-10-18/h1-15,22,26,29H,16H2. The van der Waals surface area contributed by atoms with E-state index in [0.717, 1.165) is 45.3 Å². The Kier molecular flexibility index (Phi) is 3.78. The zero-order chi connectivity index (χ0) is 20.1. The van der Waals surface area contributed by atoms with Crippen molar-refractivity contribution in [1.82, 2.24) is 5.01 Å². The molecule has 1 N–H and O–H groups in total. The van der Waals surface area contributed by atoms with Crippen LogP contribution < -0.4 is 4.74 Å². The number of nitrogens with zero attached hydrogens (tertiary/aromatic N) is 2. The van der Waals surface area contributed by atoms with E-state index in [1.54, 1.807) is 6.07 Å². The number of phenols is 1. The zero-order valence-electron chi connectivity index (χ0n) is 16.3. The number of benzene rings is 4. The van der Waals surface area contributed by atoms with E-state index in [1.165, 1.54) is 0 Å². The van der Waals surface area contributed by atoms with Crippen LogP contribution in [-0.2, 0) is 0 Å². The van der Waals surface area contributed by atoms with Crippen molar-refractivity contribution < 1.29 is 9.84 Å². The largest absolute Gasteiger partial charge is 0.507 e. The number of hydrazone groups is 1. The Labute approximate surface area is 174 Å². The fraction of sp³-hybridized carbons (Fsp3) is 0.115. The van der Waals surface area contributed by atoms with Gasteiger partial charge < -0.3 is 9.84 Å². The molecular weight excluding hydrogens is 372 g/mol. The third-order valence-corrected chi connectivity index (χ3v) is 6.00. The van der Waals surface area contributed by atoms with Gasteiger partial charge in [-0.2, -0.15) is 5.10 Å². The van der Waals surface area contributed by atoms with E-state index in [9.17, 15) is 5.11 Å². The fourth-order valence-electron chi connectivity index (χ4n) is 4.57. The smallest absolute Gasteiger partial charge is 0.218 e. The fourth-order valence-corrected chi connectivity index (χ4v) is 4.57. The molecule has 0 saturated carbocycles. The molecule has 0 aliphatic carbocycles. The van der Waals surface area contributed by atoms with Crippen molar-refractivity contribution in [2.75, 3.05) is 0 Å². The van der Waals surface area contributed by atoms with Crippen molar-refractivity contribution in [3.63, 3.8) is 0 Å². The van der Waals surface area contributed by atoms with Crippen LogP contribution in [-0.4, -0.2) is 15.8 Å². The second kappa shape index (κ2) is 6.63. The summed E-state index contributed by atoms with van der Waals surface area (Å²) >= 11 is 0. The molecule has 0 saturated heterocycles. The summed E-state index contributed by atoms with van der Waals surface area (Å²) in [6, 6.07) is 30.2. The Morgan fingerprint density at radius 3 is 2.50 bits per heavy atom. The average molecular weight is 392 g/mol. The van der Waals surface area contributed by atoms with E-state index in [4.69, 9.17) is 9.84 Å². The first-order valence-electron chi connectivity index (χ1n) is 10.2. The number of rotatable bonds is 2. The summed E-state index contributed by atoms with van der Waals surface area (Å²) in [4.78, 5) is 0. The monoisotopic (exact) mass is 392 g/mol. The first kappa shape index (κ1) is 17.1. The number of ether oxygens (including phenoxy) is 1. The van der Waals surface area contributed by atoms with Crippen LogP contribution in [0.5, 0.6) is 11.5 Å². The molecule has 2 atom stereocenters. The van der Waals surface area contributed by atoms with E-state index in [-0.39, 0.29) is 11.8 Å². The molecule has 4 aromatic rings. The summed E-state index contributed by atoms with van der Waals surface area (Å²) in [5.74, 6) is 1.07. The van der Waals surface area contributed by atoms with E-state index in [0.29, 0.717) is 0 Å². The quantitative estimate of drug-likeness (QED) is 0.470. The Bertz CT molecular complexity index is 1280. The van der Waals surface area contributed by atoms with Crippen LogP contribution in [0.3, 0.4) is 0 Å². The summed E-state index contributed by atoms with van der Waals surface area (Å²) in [5, 5.41) is 19.9. The molecule has 30 heavy (non-hydrogen) atoms. The molecule has 6 rings (SSSR count). The van der Waals surface area contributed by atoms with Gasteiger partial charge in [0, 0.05) is 12.0 Å². The predicted molar refractivity (Wildman–Crippen MR) is 118 cm³/mol. The third kappa shape index (κ3) is 2.57. The first-order valence-corrected chi connectivity index (χ1v) is 10.2. The van der Waals surface area contributed by atoms with Crippen molar-refractivity contribution in [3.8, 4) is 11.5 Å². The van der Waals surface area contributed by atoms with Gasteiger partial charge >= 0.3 is 0 Å². The van der Waals surface area contributed by atoms with Crippen LogP contribution in [0.2, 0.25) is 0 Å². The summed E-state index contributed by atoms with van der Waals surface area (Å²) in [6.45, 7) is 0. The van der Waals surface area contributed by atoms with Crippen molar-refractivity contribution in [1.29, 1.82) is 0 Å². The Morgan fingerprint density at radius 2 is 1.60 bits per heavy atom. The molecule has 2 heterocycles. The molecule has 0 amide bonds. The van der Waals surface area contributed by atoms with Crippen LogP contribution in [0, 0.1) is 0 Å². The highest BCUT2D eigenvalue weighted by atomic mass is 16.5. The van der Waals surface area contributed by atoms with Crippen LogP contribution >= 0.6 is 0 Å². The molecule has 0 radical (unpaired) electrons. The van der Waals surface area contributed by atoms with Crippen LogP contribution in [0.4, 0.5) is 0 Å². The normalized spacial score (nSPS) is 19.7. The van der Waals surface area contributed by atoms with Gasteiger partial charge in [-0.15, -0.1) is 0 Å². The van der Waals surface area contributed by atoms with E-state index in [1.807, 2.05) is 65.7 Å². The minimum absolute atomic E-state index is 0.0634. The highest BCUT2D eigenvalue weighted by Gasteiger charge is 2.42. The van der Waals surface area contributed by atoms with Gasteiger partial charge in [-0.3, -0.25) is 0 Å². The Morgan fingerprint density at radius 1 is 0.833 bits per heavy atom. The molecule has 2 unspecified atom stereocenters. The molecule has 4 aromatic carbocycles. The molecule has 0 aromatic heterocycles. The van der Waals surface area contributed by atoms with Gasteiger partial charge in [0.25, 0.3) is 0 Å². The Balaban J connectivity index is 1.55. The molecule has 146 valence electrons. The van der Waals surface area contributed by atoms with Gasteiger partial charge in [-0.1, -0.05) is 78.9 Å². The lowest BCUT2D eigenvalue weighted by Crippen LogP contribution is -2.33. The van der Waals surface area contributed by atoms with E-state index >= 15 is 0 Å². The number of hydrogen-bond donors (Lipinski definition) is 1. The van der Waals surface area contributed by atoms with Gasteiger partial charge in [-0.25, -0.2) is 5.01 Å². The molecule has 4 heteroatoms. The number of aromatic hydroxyl groups is 1. The zero-order valence-corrected chi connectivity index (χ0v) is 16.3. The highest BCUT2D eigenvalue weighted by Crippen LogP contribution is 2.49. The van der Waals surface area contributed by atoms with Gasteiger partial charge in [-0.05, 0) is 28.5 Å². The first-order chi connectivity index (χ1) is 14.8. The predicted octanol–water partition coefficient (Wildman–Crippen LogP) is 5.79. The van der Waals surface area contributed by atoms with Gasteiger partial charge in [0.15, 0.2) is 0 Å². The molecular formula is C26H20N2O2. The highest BCUT2D eigenvalue weighted by molar-refractivity contribution is 6.02. The minimum Gasteiger partial charge on any atom is -0.507 e. The van der Waals surface area contributed by atoms with E-state index in [2.05, 4.69) is 24.3 Å². The maximum Gasteiger partial charge on any atom is 0.218 e. The average Bonchev–Trinajstić information content (AvgIpc) is 3.25. The number of hydrogen-bond acceptors (Lipinski definition) is 4. The number of para-hydroxylation sites is 1. The lowest BCUT2D eigenvalue weighted by Gasteiger charge is -2.38. The molecule has 4 nitrogen and oxygen atoms in total. The number of phenolic OH excluding ortho intramolecular Hbond substituents is 1. The molecule has 0 bridgehead atoms. The van der Waals surface area contributed by atoms with Crippen molar-refractivity contribution in [3.05, 3.63) is 108 Å². The molecule has 0 fully saturated rings. The molecule has 0 spiro atoms. The second-order valence-electron chi connectivity index (χ2n) is 7.74. The SMILES string of the molecule is Oc1ccc2ccccc2c1C1Oc2ccccc2C2CC(c3ccccc3)=NN21. The lowest BCUT2D eigenvalue weighted by atomic mass is 9.95. The topological polar surface area (TPSA) is 45.1 Å². The Hall–Kier alpha value is -3.79. The maximum absolute atomic E-state index is 10.9. The minimum atomic E-state index is -0.503. The molecule has 2 aliphatic heterocycles. The van der Waals surface area contributed by atoms with Gasteiger partial charge in [0.1, 0.15) is 11.5 Å². The molecule has 2 aliphatic rings. The van der Waals surface area contributed by atoms with Gasteiger partial charge in [0.2, 0.25) is 6.23 Å². The van der Waals surface area contributed by atoms with Crippen LogP contribution in [0.15, 0.2) is 96.1 Å². The summed E-state index contributed by atoms with van der Waals surface area (Å²) in [6.07, 6.45) is 0.295. The lowest BCUT2D eigenvalue weighted by molar-refractivity contribution is -0.0193. The van der Waals surface area contributed by atoms with Crippen molar-refractivity contribution in [2.24, 2.45) is 5.10 Å². The summed E-state index contributed by atoms with van der Waals surface area (Å²) < 4.78 is 6.46. The van der Waals surface area contributed by atoms with Crippen molar-refractivity contribution in [2.45, 2.75) is 18.7 Å².